The van der Waals surface area contributed by atoms with Gasteiger partial charge in [-0.25, -0.2) is 14.8 Å². The molecule has 0 atom stereocenters. The lowest BCUT2D eigenvalue weighted by atomic mass is 10.0. The van der Waals surface area contributed by atoms with Crippen LogP contribution in [0.25, 0.3) is 27.5 Å². The average Bonchev–Trinajstić information content (AvgIpc) is 3.24. The van der Waals surface area contributed by atoms with Gasteiger partial charge in [0.25, 0.3) is 0 Å². The molecule has 0 spiro atoms. The summed E-state index contributed by atoms with van der Waals surface area (Å²) < 4.78 is 5.38. The highest BCUT2D eigenvalue weighted by molar-refractivity contribution is 6.07. The highest BCUT2D eigenvalue weighted by atomic mass is 16.6. The molecule has 4 rings (SSSR count). The molecule has 1 aliphatic rings. The summed E-state index contributed by atoms with van der Waals surface area (Å²) in [7, 11) is 0. The van der Waals surface area contributed by atoms with Crippen LogP contribution in [0.15, 0.2) is 42.0 Å². The molecule has 1 saturated heterocycles. The number of nitrogens with zero attached hydrogens (tertiary/aromatic N) is 5. The van der Waals surface area contributed by atoms with Crippen molar-refractivity contribution in [3.8, 4) is 0 Å². The van der Waals surface area contributed by atoms with Crippen molar-refractivity contribution in [3.05, 3.63) is 48.4 Å². The summed E-state index contributed by atoms with van der Waals surface area (Å²) in [6.45, 7) is 12.1. The van der Waals surface area contributed by atoms with Crippen LogP contribution in [-0.2, 0) is 16.1 Å². The summed E-state index contributed by atoms with van der Waals surface area (Å²) in [4.78, 5) is 44.8. The number of hydrogen-bond donors (Lipinski definition) is 2. The van der Waals surface area contributed by atoms with Gasteiger partial charge in [-0.05, 0) is 44.9 Å². The van der Waals surface area contributed by atoms with E-state index in [0.29, 0.717) is 35.8 Å². The number of aliphatic imine (C=N–C) groups is 1. The van der Waals surface area contributed by atoms with Crippen molar-refractivity contribution < 1.29 is 14.3 Å². The van der Waals surface area contributed by atoms with Crippen LogP contribution in [0.2, 0.25) is 0 Å². The zero-order chi connectivity index (χ0) is 26.0. The molecule has 0 saturated carbocycles. The lowest BCUT2D eigenvalue weighted by Crippen LogP contribution is -2.52. The van der Waals surface area contributed by atoms with E-state index in [1.165, 1.54) is 4.90 Å². The Morgan fingerprint density at radius 3 is 2.75 bits per heavy atom. The molecule has 0 radical (unpaired) electrons. The fourth-order valence-corrected chi connectivity index (χ4v) is 4.01. The van der Waals surface area contributed by atoms with Crippen LogP contribution in [0.3, 0.4) is 0 Å². The lowest BCUT2D eigenvalue weighted by Gasteiger charge is -2.34. The normalized spacial score (nSPS) is 15.3. The number of allylic oxidation sites excluding steroid dienone is 2. The van der Waals surface area contributed by atoms with Gasteiger partial charge >= 0.3 is 6.09 Å². The number of aromatic amines is 1. The van der Waals surface area contributed by atoms with Gasteiger partial charge in [0.1, 0.15) is 23.5 Å². The number of amides is 2. The minimum atomic E-state index is -0.615. The van der Waals surface area contributed by atoms with E-state index in [-0.39, 0.29) is 19.0 Å². The Bertz CT molecular complexity index is 1400. The quantitative estimate of drug-likeness (QED) is 0.413. The van der Waals surface area contributed by atoms with Gasteiger partial charge in [-0.3, -0.25) is 14.7 Å². The Morgan fingerprint density at radius 2 is 2.08 bits per heavy atom. The second-order valence-corrected chi connectivity index (χ2v) is 9.55. The van der Waals surface area contributed by atoms with Crippen molar-refractivity contribution in [1.29, 1.82) is 0 Å². The molecule has 1 aliphatic heterocycles. The maximum absolute atomic E-state index is 12.8. The Hall–Kier alpha value is -4.21. The molecule has 188 valence electrons. The number of pyridine rings is 1. The van der Waals surface area contributed by atoms with Gasteiger partial charge < -0.3 is 20.4 Å². The van der Waals surface area contributed by atoms with Gasteiger partial charge in [0.05, 0.1) is 17.6 Å². The minimum Gasteiger partial charge on any atom is -0.444 e. The third-order valence-electron chi connectivity index (χ3n) is 5.73. The second kappa shape index (κ2) is 9.80. The molecular weight excluding hydrogens is 458 g/mol. The molecule has 0 unspecified atom stereocenters. The SMILES string of the molecule is C=C/C(=C\N=C/C)c1ccc2c(c1)nc(N)c1nc(CN3CCN(C(=O)OC(C)(C)C)CC3=O)[nH]c12. The van der Waals surface area contributed by atoms with Crippen molar-refractivity contribution in [2.45, 2.75) is 39.8 Å². The largest absolute Gasteiger partial charge is 0.444 e. The van der Waals surface area contributed by atoms with Crippen LogP contribution >= 0.6 is 0 Å². The number of fused-ring (bicyclic) bond motifs is 3. The average molecular weight is 490 g/mol. The zero-order valence-corrected chi connectivity index (χ0v) is 21.0. The standard InChI is InChI=1S/C26H31N7O3/c1-6-16(13-28-7-2)17-8-9-18-19(12-17)29-24(27)23-22(18)30-20(31-23)14-32-10-11-33(15-21(32)34)25(35)36-26(3,4)5/h6-9,12-13H,1,10-11,14-15H2,2-5H3,(H2,27,29)(H,30,31)/b16-13+,28-7-. The number of H-pyrrole nitrogens is 1. The molecule has 0 bridgehead atoms. The summed E-state index contributed by atoms with van der Waals surface area (Å²) in [5.41, 5.74) is 9.44. The Morgan fingerprint density at radius 1 is 1.31 bits per heavy atom. The highest BCUT2D eigenvalue weighted by Crippen LogP contribution is 2.29. The van der Waals surface area contributed by atoms with Crippen molar-refractivity contribution >= 4 is 51.5 Å². The van der Waals surface area contributed by atoms with Crippen LogP contribution in [0.1, 0.15) is 39.1 Å². The monoisotopic (exact) mass is 489 g/mol. The summed E-state index contributed by atoms with van der Waals surface area (Å²) >= 11 is 0. The number of ether oxygens (including phenoxy) is 1. The van der Waals surface area contributed by atoms with E-state index in [1.54, 1.807) is 44.2 Å². The molecule has 1 fully saturated rings. The van der Waals surface area contributed by atoms with E-state index in [4.69, 9.17) is 10.5 Å². The summed E-state index contributed by atoms with van der Waals surface area (Å²) in [6, 6.07) is 5.86. The first-order chi connectivity index (χ1) is 17.1. The van der Waals surface area contributed by atoms with Crippen LogP contribution in [0.5, 0.6) is 0 Å². The number of carbonyl (C=O) groups is 2. The molecule has 0 aliphatic carbocycles. The van der Waals surface area contributed by atoms with Crippen molar-refractivity contribution in [3.63, 3.8) is 0 Å². The predicted molar refractivity (Wildman–Crippen MR) is 141 cm³/mol. The third-order valence-corrected chi connectivity index (χ3v) is 5.73. The number of nitrogens with two attached hydrogens (primary N) is 1. The van der Waals surface area contributed by atoms with E-state index in [2.05, 4.69) is 26.5 Å². The van der Waals surface area contributed by atoms with Crippen LogP contribution < -0.4 is 5.73 Å². The van der Waals surface area contributed by atoms with Gasteiger partial charge in [-0.15, -0.1) is 0 Å². The fraction of sp³-hybridized carbons (Fsp3) is 0.346. The molecule has 3 aromatic rings. The first-order valence-electron chi connectivity index (χ1n) is 11.7. The maximum atomic E-state index is 12.8. The molecule has 10 nitrogen and oxygen atoms in total. The number of anilines is 1. The highest BCUT2D eigenvalue weighted by Gasteiger charge is 2.30. The molecule has 36 heavy (non-hydrogen) atoms. The molecule has 1 aromatic carbocycles. The Labute approximate surface area is 209 Å². The van der Waals surface area contributed by atoms with Gasteiger partial charge in [-0.2, -0.15) is 0 Å². The molecule has 2 aromatic heterocycles. The number of nitrogens with one attached hydrogen (secondary N) is 1. The number of nitrogen functional groups attached to an aromatic ring is 1. The molecular formula is C26H31N7O3. The molecule has 10 heteroatoms. The van der Waals surface area contributed by atoms with Crippen molar-refractivity contribution in [1.82, 2.24) is 24.8 Å². The first-order valence-corrected chi connectivity index (χ1v) is 11.7. The summed E-state index contributed by atoms with van der Waals surface area (Å²) in [6.07, 6.45) is 4.70. The summed E-state index contributed by atoms with van der Waals surface area (Å²) in [5.74, 6) is 0.721. The van der Waals surface area contributed by atoms with Crippen LogP contribution in [0, 0.1) is 0 Å². The molecule has 3 heterocycles. The maximum Gasteiger partial charge on any atom is 0.410 e. The van der Waals surface area contributed by atoms with Crippen molar-refractivity contribution in [2.24, 2.45) is 4.99 Å². The predicted octanol–water partition coefficient (Wildman–Crippen LogP) is 3.89. The Balaban J connectivity index is 1.56. The molecule has 2 amide bonds. The van der Waals surface area contributed by atoms with Crippen LogP contribution in [0.4, 0.5) is 10.6 Å². The molecule has 3 N–H and O–H groups in total. The van der Waals surface area contributed by atoms with Gasteiger partial charge in [0, 0.05) is 30.9 Å². The first kappa shape index (κ1) is 24.9. The Kier molecular flexibility index (Phi) is 6.78. The zero-order valence-electron chi connectivity index (χ0n) is 21.0. The number of rotatable bonds is 5. The summed E-state index contributed by atoms with van der Waals surface area (Å²) in [5, 5.41) is 0.866. The van der Waals surface area contributed by atoms with E-state index in [9.17, 15) is 9.59 Å². The number of hydrogen-bond acceptors (Lipinski definition) is 7. The van der Waals surface area contributed by atoms with E-state index >= 15 is 0 Å². The second-order valence-electron chi connectivity index (χ2n) is 9.55. The van der Waals surface area contributed by atoms with Gasteiger partial charge in [-0.1, -0.05) is 24.8 Å². The number of piperazine rings is 1. The number of aromatic nitrogens is 3. The van der Waals surface area contributed by atoms with Gasteiger partial charge in [0.2, 0.25) is 5.91 Å². The van der Waals surface area contributed by atoms with E-state index in [0.717, 1.165) is 22.0 Å². The third kappa shape index (κ3) is 5.22. The van der Waals surface area contributed by atoms with Crippen molar-refractivity contribution in [2.75, 3.05) is 25.4 Å². The van der Waals surface area contributed by atoms with E-state index in [1.807, 2.05) is 25.1 Å². The topological polar surface area (TPSA) is 130 Å². The minimum absolute atomic E-state index is 0.0359. The van der Waals surface area contributed by atoms with E-state index < -0.39 is 11.7 Å². The van der Waals surface area contributed by atoms with Crippen LogP contribution in [-0.4, -0.2) is 68.2 Å². The van der Waals surface area contributed by atoms with Gasteiger partial charge in [0.15, 0.2) is 5.82 Å². The number of benzene rings is 1. The smallest absolute Gasteiger partial charge is 0.410 e. The number of carbonyl (C=O) groups excluding carboxylic acids is 2. The lowest BCUT2D eigenvalue weighted by molar-refractivity contribution is -0.136. The fourth-order valence-electron chi connectivity index (χ4n) is 4.01. The number of imidazole rings is 1.